The first-order chi connectivity index (χ1) is 10.6. The maximum absolute atomic E-state index is 12.6. The SMILES string of the molecule is C=CCN(CCc1c[nH]c2ccc(OCC)cc12)CC(F)F. The lowest BCUT2D eigenvalue weighted by molar-refractivity contribution is 0.0943. The summed E-state index contributed by atoms with van der Waals surface area (Å²) in [5.74, 6) is 0.825. The highest BCUT2D eigenvalue weighted by molar-refractivity contribution is 5.84. The van der Waals surface area contributed by atoms with Crippen LogP contribution in [0.15, 0.2) is 37.1 Å². The molecule has 22 heavy (non-hydrogen) atoms. The van der Waals surface area contributed by atoms with E-state index in [-0.39, 0.29) is 6.54 Å². The summed E-state index contributed by atoms with van der Waals surface area (Å²) in [6.45, 7) is 7.00. The molecule has 0 amide bonds. The van der Waals surface area contributed by atoms with Gasteiger partial charge in [0.05, 0.1) is 13.2 Å². The van der Waals surface area contributed by atoms with Crippen molar-refractivity contribution in [2.75, 3.05) is 26.2 Å². The van der Waals surface area contributed by atoms with Crippen molar-refractivity contribution in [1.29, 1.82) is 0 Å². The molecule has 0 saturated carbocycles. The van der Waals surface area contributed by atoms with E-state index in [1.165, 1.54) is 0 Å². The van der Waals surface area contributed by atoms with E-state index in [1.54, 1.807) is 11.0 Å². The Hall–Kier alpha value is -1.88. The van der Waals surface area contributed by atoms with Crippen LogP contribution in [0.2, 0.25) is 0 Å². The maximum atomic E-state index is 12.6. The Morgan fingerprint density at radius 1 is 1.41 bits per heavy atom. The van der Waals surface area contributed by atoms with E-state index in [0.717, 1.165) is 22.2 Å². The first-order valence-corrected chi connectivity index (χ1v) is 7.48. The lowest BCUT2D eigenvalue weighted by Crippen LogP contribution is -2.31. The van der Waals surface area contributed by atoms with E-state index >= 15 is 0 Å². The van der Waals surface area contributed by atoms with Gasteiger partial charge in [-0.3, -0.25) is 4.90 Å². The van der Waals surface area contributed by atoms with Crippen molar-refractivity contribution >= 4 is 10.9 Å². The molecule has 5 heteroatoms. The Balaban J connectivity index is 2.09. The summed E-state index contributed by atoms with van der Waals surface area (Å²) in [6, 6.07) is 5.90. The van der Waals surface area contributed by atoms with Crippen LogP contribution in [-0.2, 0) is 6.42 Å². The average Bonchev–Trinajstić information content (AvgIpc) is 2.87. The first kappa shape index (κ1) is 16.5. The lowest BCUT2D eigenvalue weighted by atomic mass is 10.1. The highest BCUT2D eigenvalue weighted by Gasteiger charge is 2.12. The predicted octanol–water partition coefficient (Wildman–Crippen LogP) is 3.86. The summed E-state index contributed by atoms with van der Waals surface area (Å²) in [5.41, 5.74) is 2.14. The number of nitrogens with one attached hydrogen (secondary N) is 1. The number of nitrogens with zero attached hydrogens (tertiary/aromatic N) is 1. The third kappa shape index (κ3) is 4.31. The number of aromatic amines is 1. The third-order valence-corrected chi connectivity index (χ3v) is 3.53. The van der Waals surface area contributed by atoms with Crippen LogP contribution < -0.4 is 4.74 Å². The molecule has 0 fully saturated rings. The maximum Gasteiger partial charge on any atom is 0.251 e. The Morgan fingerprint density at radius 3 is 2.91 bits per heavy atom. The Morgan fingerprint density at radius 2 is 2.23 bits per heavy atom. The summed E-state index contributed by atoms with van der Waals surface area (Å²) in [5, 5.41) is 1.08. The van der Waals surface area contributed by atoms with Crippen molar-refractivity contribution in [2.45, 2.75) is 19.8 Å². The molecule has 0 aliphatic carbocycles. The molecule has 0 spiro atoms. The summed E-state index contributed by atoms with van der Waals surface area (Å²) >= 11 is 0. The van der Waals surface area contributed by atoms with Gasteiger partial charge in [0.25, 0.3) is 6.43 Å². The van der Waals surface area contributed by atoms with Crippen molar-refractivity contribution in [3.63, 3.8) is 0 Å². The second-order valence-corrected chi connectivity index (χ2v) is 5.14. The quantitative estimate of drug-likeness (QED) is 0.712. The summed E-state index contributed by atoms with van der Waals surface area (Å²) < 4.78 is 30.7. The molecule has 0 saturated heterocycles. The number of alkyl halides is 2. The Kier molecular flexibility index (Phi) is 5.95. The minimum atomic E-state index is -2.33. The van der Waals surface area contributed by atoms with Crippen LogP contribution in [-0.4, -0.2) is 42.6 Å². The van der Waals surface area contributed by atoms with Crippen LogP contribution in [0.25, 0.3) is 10.9 Å². The minimum Gasteiger partial charge on any atom is -0.494 e. The van der Waals surface area contributed by atoms with Crippen LogP contribution in [0.3, 0.4) is 0 Å². The van der Waals surface area contributed by atoms with E-state index in [1.807, 2.05) is 31.3 Å². The standard InChI is InChI=1S/C17H22F2N2O/c1-3-8-21(12-17(18)19)9-7-13-11-20-16-6-5-14(22-4-2)10-15(13)16/h3,5-6,10-11,17,20H,1,4,7-9,12H2,2H3. The van der Waals surface area contributed by atoms with Crippen LogP contribution in [0.5, 0.6) is 5.75 Å². The van der Waals surface area contributed by atoms with Gasteiger partial charge < -0.3 is 9.72 Å². The largest absolute Gasteiger partial charge is 0.494 e. The molecule has 1 aromatic heterocycles. The summed E-state index contributed by atoms with van der Waals surface area (Å²) in [6.07, 6.45) is 1.97. The highest BCUT2D eigenvalue weighted by atomic mass is 19.3. The van der Waals surface area contributed by atoms with Crippen LogP contribution in [0, 0.1) is 0 Å². The molecule has 0 radical (unpaired) electrons. The number of benzene rings is 1. The van der Waals surface area contributed by atoms with Crippen molar-refractivity contribution in [3.05, 3.63) is 42.6 Å². The molecule has 0 atom stereocenters. The summed E-state index contributed by atoms with van der Waals surface area (Å²) in [7, 11) is 0. The Labute approximate surface area is 129 Å². The fourth-order valence-corrected chi connectivity index (χ4v) is 2.53. The van der Waals surface area contributed by atoms with E-state index in [2.05, 4.69) is 11.6 Å². The normalized spacial score (nSPS) is 11.5. The van der Waals surface area contributed by atoms with Gasteiger partial charge >= 0.3 is 0 Å². The number of H-pyrrole nitrogens is 1. The number of ether oxygens (including phenoxy) is 1. The predicted molar refractivity (Wildman–Crippen MR) is 85.8 cm³/mol. The minimum absolute atomic E-state index is 0.224. The molecule has 0 aliphatic rings. The molecule has 2 aromatic rings. The Bertz CT molecular complexity index is 610. The fraction of sp³-hybridized carbons (Fsp3) is 0.412. The average molecular weight is 308 g/mol. The number of fused-ring (bicyclic) bond motifs is 1. The molecular formula is C17H22F2N2O. The highest BCUT2D eigenvalue weighted by Crippen LogP contribution is 2.24. The van der Waals surface area contributed by atoms with Gasteiger partial charge in [0.15, 0.2) is 0 Å². The zero-order valence-corrected chi connectivity index (χ0v) is 12.8. The van der Waals surface area contributed by atoms with Gasteiger partial charge in [-0.25, -0.2) is 8.78 Å². The molecule has 1 heterocycles. The topological polar surface area (TPSA) is 28.3 Å². The van der Waals surface area contributed by atoms with E-state index in [9.17, 15) is 8.78 Å². The summed E-state index contributed by atoms with van der Waals surface area (Å²) in [4.78, 5) is 4.92. The molecular weight excluding hydrogens is 286 g/mol. The van der Waals surface area contributed by atoms with Gasteiger partial charge in [-0.05, 0) is 37.1 Å². The molecule has 2 rings (SSSR count). The fourth-order valence-electron chi connectivity index (χ4n) is 2.53. The van der Waals surface area contributed by atoms with E-state index < -0.39 is 6.43 Å². The van der Waals surface area contributed by atoms with Gasteiger partial charge in [-0.15, -0.1) is 6.58 Å². The molecule has 0 aliphatic heterocycles. The number of rotatable bonds is 9. The van der Waals surface area contributed by atoms with Crippen LogP contribution >= 0.6 is 0 Å². The molecule has 1 aromatic carbocycles. The number of hydrogen-bond acceptors (Lipinski definition) is 2. The molecule has 120 valence electrons. The second-order valence-electron chi connectivity index (χ2n) is 5.14. The monoisotopic (exact) mass is 308 g/mol. The van der Waals surface area contributed by atoms with Crippen LogP contribution in [0.1, 0.15) is 12.5 Å². The molecule has 1 N–H and O–H groups in total. The lowest BCUT2D eigenvalue weighted by Gasteiger charge is -2.19. The van der Waals surface area contributed by atoms with Gasteiger partial charge in [-0.1, -0.05) is 6.08 Å². The third-order valence-electron chi connectivity index (χ3n) is 3.53. The van der Waals surface area contributed by atoms with Gasteiger partial charge in [0.1, 0.15) is 5.75 Å². The number of aromatic nitrogens is 1. The van der Waals surface area contributed by atoms with Gasteiger partial charge in [-0.2, -0.15) is 0 Å². The molecule has 0 bridgehead atoms. The first-order valence-electron chi connectivity index (χ1n) is 7.48. The van der Waals surface area contributed by atoms with Crippen molar-refractivity contribution in [1.82, 2.24) is 9.88 Å². The molecule has 3 nitrogen and oxygen atoms in total. The van der Waals surface area contributed by atoms with Crippen LogP contribution in [0.4, 0.5) is 8.78 Å². The van der Waals surface area contributed by atoms with Gasteiger partial charge in [0, 0.05) is 30.2 Å². The molecule has 0 unspecified atom stereocenters. The van der Waals surface area contributed by atoms with E-state index in [0.29, 0.717) is 26.1 Å². The van der Waals surface area contributed by atoms with Crippen molar-refractivity contribution in [3.8, 4) is 5.75 Å². The zero-order chi connectivity index (χ0) is 15.9. The number of hydrogen-bond donors (Lipinski definition) is 1. The van der Waals surface area contributed by atoms with Crippen molar-refractivity contribution < 1.29 is 13.5 Å². The smallest absolute Gasteiger partial charge is 0.251 e. The number of halogens is 2. The second kappa shape index (κ2) is 7.94. The van der Waals surface area contributed by atoms with Crippen molar-refractivity contribution in [2.24, 2.45) is 0 Å². The van der Waals surface area contributed by atoms with E-state index in [4.69, 9.17) is 4.74 Å². The van der Waals surface area contributed by atoms with Gasteiger partial charge in [0.2, 0.25) is 0 Å². The zero-order valence-electron chi connectivity index (χ0n) is 12.8.